The van der Waals surface area contributed by atoms with Crippen LogP contribution in [0.4, 0.5) is 9.18 Å². The molecule has 2 amide bonds. The number of carbonyl (C=O) groups is 2. The zero-order chi connectivity index (χ0) is 16.1. The number of halogens is 1. The number of amides is 2. The Labute approximate surface area is 125 Å². The Morgan fingerprint density at radius 2 is 1.95 bits per heavy atom. The fourth-order valence-electron chi connectivity index (χ4n) is 1.89. The van der Waals surface area contributed by atoms with E-state index in [0.29, 0.717) is 16.7 Å². The third kappa shape index (κ3) is 3.45. The van der Waals surface area contributed by atoms with E-state index >= 15 is 0 Å². The Hall–Kier alpha value is -3.22. The maximum Gasteiger partial charge on any atom is 0.338 e. The smallest absolute Gasteiger partial charge is 0.338 e. The van der Waals surface area contributed by atoms with E-state index in [9.17, 15) is 14.0 Å². The lowest BCUT2D eigenvalue weighted by Gasteiger charge is -2.07. The lowest BCUT2D eigenvalue weighted by atomic mass is 9.99. The number of carbonyl (C=O) groups excluding carboxylic acids is 1. The molecule has 0 aromatic heterocycles. The topological polar surface area (TPSA) is 105 Å². The van der Waals surface area contributed by atoms with Gasteiger partial charge >= 0.3 is 12.0 Å². The Bertz CT molecular complexity index is 759. The van der Waals surface area contributed by atoms with Gasteiger partial charge in [0.25, 0.3) is 0 Å². The summed E-state index contributed by atoms with van der Waals surface area (Å²) >= 11 is 0. The zero-order valence-electron chi connectivity index (χ0n) is 11.3. The van der Waals surface area contributed by atoms with Crippen LogP contribution in [0.15, 0.2) is 47.6 Å². The second kappa shape index (κ2) is 6.49. The third-order valence-electron chi connectivity index (χ3n) is 2.85. The van der Waals surface area contributed by atoms with Crippen molar-refractivity contribution in [2.45, 2.75) is 0 Å². The lowest BCUT2D eigenvalue weighted by Crippen LogP contribution is -2.24. The van der Waals surface area contributed by atoms with E-state index in [2.05, 4.69) is 10.5 Å². The number of primary amides is 1. The maximum absolute atomic E-state index is 13.8. The number of nitrogens with zero attached hydrogens (tertiary/aromatic N) is 1. The van der Waals surface area contributed by atoms with Crippen LogP contribution in [-0.4, -0.2) is 23.3 Å². The van der Waals surface area contributed by atoms with Gasteiger partial charge in [0, 0.05) is 5.56 Å². The first-order valence-electron chi connectivity index (χ1n) is 6.20. The van der Waals surface area contributed by atoms with Crippen LogP contribution in [0.25, 0.3) is 11.1 Å². The normalized spacial score (nSPS) is 10.6. The van der Waals surface area contributed by atoms with Crippen LogP contribution in [-0.2, 0) is 0 Å². The Morgan fingerprint density at radius 3 is 2.59 bits per heavy atom. The monoisotopic (exact) mass is 301 g/mol. The molecule has 0 aliphatic rings. The van der Waals surface area contributed by atoms with Gasteiger partial charge in [-0.2, -0.15) is 5.10 Å². The van der Waals surface area contributed by atoms with Gasteiger partial charge in [0.05, 0.1) is 11.8 Å². The minimum Gasteiger partial charge on any atom is -0.478 e. The SMILES string of the molecule is NC(=O)NN=Cc1ccccc1-c1ccc(C(=O)O)c(F)c1. The quantitative estimate of drug-likeness (QED) is 0.595. The molecule has 0 heterocycles. The van der Waals surface area contributed by atoms with Gasteiger partial charge in [-0.15, -0.1) is 0 Å². The van der Waals surface area contributed by atoms with Crippen molar-refractivity contribution in [2.75, 3.05) is 0 Å². The van der Waals surface area contributed by atoms with Crippen LogP contribution in [0, 0.1) is 5.82 Å². The molecule has 0 bridgehead atoms. The highest BCUT2D eigenvalue weighted by Crippen LogP contribution is 2.24. The summed E-state index contributed by atoms with van der Waals surface area (Å²) in [6.07, 6.45) is 1.36. The van der Waals surface area contributed by atoms with Crippen molar-refractivity contribution >= 4 is 18.2 Å². The average molecular weight is 301 g/mol. The van der Waals surface area contributed by atoms with E-state index < -0.39 is 23.4 Å². The molecular weight excluding hydrogens is 289 g/mol. The largest absolute Gasteiger partial charge is 0.478 e. The van der Waals surface area contributed by atoms with Crippen molar-refractivity contribution in [3.63, 3.8) is 0 Å². The summed E-state index contributed by atoms with van der Waals surface area (Å²) in [6.45, 7) is 0. The van der Waals surface area contributed by atoms with Crippen LogP contribution in [0.5, 0.6) is 0 Å². The van der Waals surface area contributed by atoms with Gasteiger partial charge in [-0.25, -0.2) is 19.4 Å². The number of hydrogen-bond acceptors (Lipinski definition) is 3. The summed E-state index contributed by atoms with van der Waals surface area (Å²) < 4.78 is 13.8. The number of hydrogen-bond donors (Lipinski definition) is 3. The summed E-state index contributed by atoms with van der Waals surface area (Å²) in [5, 5.41) is 12.5. The van der Waals surface area contributed by atoms with Crippen LogP contribution in [0.3, 0.4) is 0 Å². The molecule has 0 atom stereocenters. The maximum atomic E-state index is 13.8. The molecule has 0 spiro atoms. The molecule has 2 aromatic carbocycles. The minimum absolute atomic E-state index is 0.398. The summed E-state index contributed by atoms with van der Waals surface area (Å²) in [5.41, 5.74) is 8.30. The van der Waals surface area contributed by atoms with Crippen LogP contribution < -0.4 is 11.2 Å². The highest BCUT2D eigenvalue weighted by Gasteiger charge is 2.12. The second-order valence-corrected chi connectivity index (χ2v) is 4.32. The molecule has 2 rings (SSSR count). The van der Waals surface area contributed by atoms with Crippen molar-refractivity contribution in [3.05, 3.63) is 59.4 Å². The summed E-state index contributed by atoms with van der Waals surface area (Å²) in [7, 11) is 0. The molecule has 112 valence electrons. The first-order chi connectivity index (χ1) is 10.5. The van der Waals surface area contributed by atoms with Crippen molar-refractivity contribution in [1.82, 2.24) is 5.43 Å². The number of benzene rings is 2. The minimum atomic E-state index is -1.33. The Balaban J connectivity index is 2.41. The zero-order valence-corrected chi connectivity index (χ0v) is 11.3. The van der Waals surface area contributed by atoms with Crippen molar-refractivity contribution in [3.8, 4) is 11.1 Å². The summed E-state index contributed by atoms with van der Waals surface area (Å²) in [4.78, 5) is 21.4. The third-order valence-corrected chi connectivity index (χ3v) is 2.85. The second-order valence-electron chi connectivity index (χ2n) is 4.32. The van der Waals surface area contributed by atoms with Gasteiger partial charge in [0.2, 0.25) is 0 Å². The van der Waals surface area contributed by atoms with E-state index in [1.165, 1.54) is 18.3 Å². The average Bonchev–Trinajstić information content (AvgIpc) is 2.47. The van der Waals surface area contributed by atoms with Crippen LogP contribution in [0.1, 0.15) is 15.9 Å². The molecule has 0 unspecified atom stereocenters. The standard InChI is InChI=1S/C15H12FN3O3/c16-13-7-9(5-6-12(13)14(20)21)11-4-2-1-3-10(11)8-18-19-15(17)22/h1-8H,(H,20,21)(H3,17,19,22). The first-order valence-corrected chi connectivity index (χ1v) is 6.20. The van der Waals surface area contributed by atoms with E-state index in [0.717, 1.165) is 6.07 Å². The number of aromatic carboxylic acids is 1. The number of rotatable bonds is 4. The highest BCUT2D eigenvalue weighted by molar-refractivity contribution is 5.92. The number of nitrogens with one attached hydrogen (secondary N) is 1. The van der Waals surface area contributed by atoms with Gasteiger partial charge < -0.3 is 10.8 Å². The predicted octanol–water partition coefficient (Wildman–Crippen LogP) is 2.19. The van der Waals surface area contributed by atoms with E-state index in [1.54, 1.807) is 24.3 Å². The van der Waals surface area contributed by atoms with Crippen LogP contribution in [0.2, 0.25) is 0 Å². The molecular formula is C15H12FN3O3. The molecule has 7 heteroatoms. The summed E-state index contributed by atoms with van der Waals surface area (Å²) in [6, 6.07) is 9.96. The fraction of sp³-hybridized carbons (Fsp3) is 0. The molecule has 0 fully saturated rings. The van der Waals surface area contributed by atoms with Crippen molar-refractivity contribution < 1.29 is 19.1 Å². The van der Waals surface area contributed by atoms with Crippen molar-refractivity contribution in [1.29, 1.82) is 0 Å². The number of nitrogens with two attached hydrogens (primary N) is 1. The molecule has 0 aliphatic carbocycles. The molecule has 6 nitrogen and oxygen atoms in total. The molecule has 0 aliphatic heterocycles. The Kier molecular flexibility index (Phi) is 4.47. The molecule has 0 saturated carbocycles. The van der Waals surface area contributed by atoms with Crippen LogP contribution >= 0.6 is 0 Å². The number of carboxylic acids is 1. The van der Waals surface area contributed by atoms with E-state index in [-0.39, 0.29) is 0 Å². The molecule has 0 radical (unpaired) electrons. The molecule has 0 saturated heterocycles. The van der Waals surface area contributed by atoms with E-state index in [4.69, 9.17) is 10.8 Å². The Morgan fingerprint density at radius 1 is 1.23 bits per heavy atom. The van der Waals surface area contributed by atoms with Gasteiger partial charge in [0.15, 0.2) is 0 Å². The fourth-order valence-corrected chi connectivity index (χ4v) is 1.89. The lowest BCUT2D eigenvalue weighted by molar-refractivity contribution is 0.0692. The summed E-state index contributed by atoms with van der Waals surface area (Å²) in [5.74, 6) is -2.16. The number of urea groups is 1. The number of carboxylic acid groups (broad SMARTS) is 1. The van der Waals surface area contributed by atoms with Gasteiger partial charge in [-0.3, -0.25) is 0 Å². The highest BCUT2D eigenvalue weighted by atomic mass is 19.1. The van der Waals surface area contributed by atoms with E-state index in [1.807, 2.05) is 0 Å². The molecule has 22 heavy (non-hydrogen) atoms. The molecule has 2 aromatic rings. The van der Waals surface area contributed by atoms with Crippen molar-refractivity contribution in [2.24, 2.45) is 10.8 Å². The van der Waals surface area contributed by atoms with Gasteiger partial charge in [0.1, 0.15) is 5.82 Å². The number of hydrazone groups is 1. The first kappa shape index (κ1) is 15.2. The van der Waals surface area contributed by atoms with Gasteiger partial charge in [-0.05, 0) is 23.3 Å². The molecule has 4 N–H and O–H groups in total. The van der Waals surface area contributed by atoms with Gasteiger partial charge in [-0.1, -0.05) is 30.3 Å². The predicted molar refractivity (Wildman–Crippen MR) is 79.1 cm³/mol.